The third-order valence-corrected chi connectivity index (χ3v) is 4.29. The van der Waals surface area contributed by atoms with Crippen LogP contribution >= 0.6 is 0 Å². The van der Waals surface area contributed by atoms with Crippen LogP contribution in [0.4, 0.5) is 5.69 Å². The van der Waals surface area contributed by atoms with Crippen molar-refractivity contribution in [3.8, 4) is 0 Å². The predicted molar refractivity (Wildman–Crippen MR) is 81.3 cm³/mol. The summed E-state index contributed by atoms with van der Waals surface area (Å²) in [5.41, 5.74) is 2.90. The first kappa shape index (κ1) is 14.9. The maximum atomic E-state index is 10.7. The lowest BCUT2D eigenvalue weighted by Gasteiger charge is -2.38. The third-order valence-electron chi connectivity index (χ3n) is 4.29. The van der Waals surface area contributed by atoms with E-state index < -0.39 is 5.97 Å². The van der Waals surface area contributed by atoms with E-state index in [1.807, 2.05) is 18.7 Å². The first-order valence-electron chi connectivity index (χ1n) is 7.47. The first-order valence-corrected chi connectivity index (χ1v) is 7.47. The summed E-state index contributed by atoms with van der Waals surface area (Å²) in [6, 6.07) is 8.50. The number of carbonyl (C=O) groups is 1. The number of hydrogen-bond acceptors (Lipinski definition) is 3. The van der Waals surface area contributed by atoms with Gasteiger partial charge in [-0.05, 0) is 37.6 Å². The monoisotopic (exact) mass is 276 g/mol. The number of nitrogens with zero attached hydrogens (tertiary/aromatic N) is 1. The maximum absolute atomic E-state index is 10.7. The van der Waals surface area contributed by atoms with E-state index in [1.54, 1.807) is 0 Å². The Morgan fingerprint density at radius 3 is 2.60 bits per heavy atom. The van der Waals surface area contributed by atoms with E-state index in [0.29, 0.717) is 0 Å². The van der Waals surface area contributed by atoms with Gasteiger partial charge in [0.2, 0.25) is 0 Å². The van der Waals surface area contributed by atoms with Gasteiger partial charge < -0.3 is 10.4 Å². The molecule has 1 aromatic carbocycles. The number of likely N-dealkylation sites (tertiary alicyclic amines) is 1. The number of anilines is 1. The Labute approximate surface area is 120 Å². The quantitative estimate of drug-likeness (QED) is 0.871. The second kappa shape index (κ2) is 6.27. The number of aliphatic carboxylic acids is 1. The molecule has 0 radical (unpaired) electrons. The highest BCUT2D eigenvalue weighted by molar-refractivity contribution is 5.69. The average Bonchev–Trinajstić information content (AvgIpc) is 2.83. The van der Waals surface area contributed by atoms with Crippen molar-refractivity contribution in [3.05, 3.63) is 29.8 Å². The van der Waals surface area contributed by atoms with Crippen LogP contribution in [0.25, 0.3) is 0 Å². The van der Waals surface area contributed by atoms with E-state index >= 15 is 0 Å². The van der Waals surface area contributed by atoms with Gasteiger partial charge >= 0.3 is 5.97 Å². The van der Waals surface area contributed by atoms with Gasteiger partial charge in [0.05, 0.1) is 6.54 Å². The summed E-state index contributed by atoms with van der Waals surface area (Å²) in [6.45, 7) is 6.92. The molecule has 0 aliphatic carbocycles. The number of para-hydroxylation sites is 1. The van der Waals surface area contributed by atoms with Crippen molar-refractivity contribution < 1.29 is 9.90 Å². The molecule has 0 amide bonds. The molecule has 0 unspecified atom stereocenters. The number of fused-ring (bicyclic) bond motifs is 2. The molecule has 2 heterocycles. The highest BCUT2D eigenvalue weighted by Gasteiger charge is 2.41. The fourth-order valence-electron chi connectivity index (χ4n) is 3.24. The van der Waals surface area contributed by atoms with E-state index in [0.717, 1.165) is 32.5 Å². The summed E-state index contributed by atoms with van der Waals surface area (Å²) in [5.74, 6) is -0.726. The molecule has 2 N–H and O–H groups in total. The van der Waals surface area contributed by atoms with Crippen molar-refractivity contribution in [1.29, 1.82) is 0 Å². The van der Waals surface area contributed by atoms with Crippen LogP contribution in [0.2, 0.25) is 0 Å². The standard InChI is InChI=1S/C14H18N2O2.C2H6/c17-13(18)9-16-7-5-14(6-8-16)10-15-12-4-2-1-3-11(12)14;1-2/h1-4,15H,5-10H2,(H,17,18);1-2H3. The molecule has 20 heavy (non-hydrogen) atoms. The van der Waals surface area contributed by atoms with Gasteiger partial charge in [-0.2, -0.15) is 0 Å². The van der Waals surface area contributed by atoms with Gasteiger partial charge in [-0.3, -0.25) is 9.69 Å². The van der Waals surface area contributed by atoms with Crippen LogP contribution < -0.4 is 5.32 Å². The Hall–Kier alpha value is -1.55. The van der Waals surface area contributed by atoms with Crippen LogP contribution in [0.5, 0.6) is 0 Å². The van der Waals surface area contributed by atoms with Crippen molar-refractivity contribution in [1.82, 2.24) is 4.90 Å². The topological polar surface area (TPSA) is 52.6 Å². The SMILES string of the molecule is CC.O=C(O)CN1CCC2(CC1)CNc1ccccc12. The number of rotatable bonds is 2. The van der Waals surface area contributed by atoms with Gasteiger partial charge in [-0.1, -0.05) is 32.0 Å². The Morgan fingerprint density at radius 2 is 1.95 bits per heavy atom. The average molecular weight is 276 g/mol. The van der Waals surface area contributed by atoms with Crippen LogP contribution in [-0.4, -0.2) is 42.2 Å². The lowest BCUT2D eigenvalue weighted by molar-refractivity contribution is -0.138. The molecule has 1 spiro atoms. The van der Waals surface area contributed by atoms with Gasteiger partial charge in [0.1, 0.15) is 0 Å². The number of nitrogens with one attached hydrogen (secondary N) is 1. The number of hydrogen-bond donors (Lipinski definition) is 2. The van der Waals surface area contributed by atoms with E-state index in [-0.39, 0.29) is 12.0 Å². The molecule has 0 aromatic heterocycles. The summed E-state index contributed by atoms with van der Waals surface area (Å²) < 4.78 is 0. The van der Waals surface area contributed by atoms with Gasteiger partial charge in [-0.15, -0.1) is 0 Å². The minimum Gasteiger partial charge on any atom is -0.480 e. The lowest BCUT2D eigenvalue weighted by atomic mass is 9.74. The maximum Gasteiger partial charge on any atom is 0.317 e. The van der Waals surface area contributed by atoms with E-state index in [1.165, 1.54) is 11.3 Å². The molecule has 0 bridgehead atoms. The Balaban J connectivity index is 0.000000704. The van der Waals surface area contributed by atoms with Gasteiger partial charge in [-0.25, -0.2) is 0 Å². The summed E-state index contributed by atoms with van der Waals surface area (Å²) in [6.07, 6.45) is 2.09. The van der Waals surface area contributed by atoms with Crippen LogP contribution in [-0.2, 0) is 10.2 Å². The molecule has 3 rings (SSSR count). The molecule has 2 aliphatic heterocycles. The normalized spacial score (nSPS) is 19.7. The van der Waals surface area contributed by atoms with Crippen LogP contribution in [0.1, 0.15) is 32.3 Å². The second-order valence-corrected chi connectivity index (χ2v) is 5.35. The van der Waals surface area contributed by atoms with E-state index in [9.17, 15) is 4.79 Å². The zero-order valence-electron chi connectivity index (χ0n) is 12.4. The minimum atomic E-state index is -0.726. The summed E-state index contributed by atoms with van der Waals surface area (Å²) >= 11 is 0. The molecule has 4 heteroatoms. The first-order chi connectivity index (χ1) is 9.70. The molecule has 0 atom stereocenters. The lowest BCUT2D eigenvalue weighted by Crippen LogP contribution is -2.45. The van der Waals surface area contributed by atoms with Crippen molar-refractivity contribution >= 4 is 11.7 Å². The molecule has 2 aliphatic rings. The summed E-state index contributed by atoms with van der Waals surface area (Å²) in [5, 5.41) is 12.3. The van der Waals surface area contributed by atoms with Crippen LogP contribution in [0.3, 0.4) is 0 Å². The Morgan fingerprint density at radius 1 is 1.30 bits per heavy atom. The molecular weight excluding hydrogens is 252 g/mol. The molecule has 1 aromatic rings. The number of piperidine rings is 1. The zero-order valence-corrected chi connectivity index (χ0v) is 12.4. The third kappa shape index (κ3) is 2.80. The highest BCUT2D eigenvalue weighted by atomic mass is 16.4. The smallest absolute Gasteiger partial charge is 0.317 e. The fraction of sp³-hybridized carbons (Fsp3) is 0.562. The van der Waals surface area contributed by atoms with E-state index in [2.05, 4.69) is 29.6 Å². The Bertz CT molecular complexity index is 465. The van der Waals surface area contributed by atoms with Crippen molar-refractivity contribution in [2.45, 2.75) is 32.1 Å². The molecule has 110 valence electrons. The van der Waals surface area contributed by atoms with Crippen LogP contribution in [0.15, 0.2) is 24.3 Å². The zero-order chi connectivity index (χ0) is 14.6. The summed E-state index contributed by atoms with van der Waals surface area (Å²) in [4.78, 5) is 12.8. The molecule has 4 nitrogen and oxygen atoms in total. The van der Waals surface area contributed by atoms with Crippen molar-refractivity contribution in [3.63, 3.8) is 0 Å². The predicted octanol–water partition coefficient (Wildman–Crippen LogP) is 2.56. The highest BCUT2D eigenvalue weighted by Crippen LogP contribution is 2.43. The fourth-order valence-corrected chi connectivity index (χ4v) is 3.24. The molecular formula is C16H24N2O2. The Kier molecular flexibility index (Phi) is 4.65. The van der Waals surface area contributed by atoms with Crippen LogP contribution in [0, 0.1) is 0 Å². The molecule has 1 saturated heterocycles. The van der Waals surface area contributed by atoms with Gasteiger partial charge in [0, 0.05) is 17.6 Å². The van der Waals surface area contributed by atoms with Gasteiger partial charge in [0.15, 0.2) is 0 Å². The second-order valence-electron chi connectivity index (χ2n) is 5.35. The van der Waals surface area contributed by atoms with Crippen molar-refractivity contribution in [2.75, 3.05) is 31.5 Å². The number of benzene rings is 1. The summed E-state index contributed by atoms with van der Waals surface area (Å²) in [7, 11) is 0. The minimum absolute atomic E-state index is 0.172. The van der Waals surface area contributed by atoms with E-state index in [4.69, 9.17) is 5.11 Å². The molecule has 1 fully saturated rings. The van der Waals surface area contributed by atoms with Crippen molar-refractivity contribution in [2.24, 2.45) is 0 Å². The molecule has 0 saturated carbocycles. The number of carboxylic acids is 1. The largest absolute Gasteiger partial charge is 0.480 e. The number of carboxylic acid groups (broad SMARTS) is 1. The van der Waals surface area contributed by atoms with Gasteiger partial charge in [0.25, 0.3) is 0 Å².